The van der Waals surface area contributed by atoms with Crippen molar-refractivity contribution in [2.45, 2.75) is 26.0 Å². The molecule has 1 N–H and O–H groups in total. The number of carbonyl (C=O) groups is 2. The Kier molecular flexibility index (Phi) is 6.30. The van der Waals surface area contributed by atoms with Crippen LogP contribution in [0.5, 0.6) is 5.75 Å². The van der Waals surface area contributed by atoms with Gasteiger partial charge in [0.1, 0.15) is 5.75 Å². The molecule has 3 aromatic carbocycles. The van der Waals surface area contributed by atoms with Crippen molar-refractivity contribution in [3.8, 4) is 22.7 Å². The van der Waals surface area contributed by atoms with E-state index >= 15 is 0 Å². The molecule has 1 unspecified atom stereocenters. The number of para-hydroxylation sites is 3. The molecule has 1 aromatic heterocycles. The molecule has 0 saturated heterocycles. The molecule has 7 nitrogen and oxygen atoms in total. The lowest BCUT2D eigenvalue weighted by atomic mass is 10.1. The van der Waals surface area contributed by atoms with Gasteiger partial charge in [-0.25, -0.2) is 4.68 Å². The van der Waals surface area contributed by atoms with Crippen LogP contribution < -0.4 is 15.0 Å². The highest BCUT2D eigenvalue weighted by molar-refractivity contribution is 6.00. The minimum atomic E-state index is -0.579. The topological polar surface area (TPSA) is 76.5 Å². The Morgan fingerprint density at radius 1 is 0.971 bits per heavy atom. The van der Waals surface area contributed by atoms with Gasteiger partial charge in [0.15, 0.2) is 6.10 Å². The summed E-state index contributed by atoms with van der Waals surface area (Å²) in [4.78, 5) is 27.1. The highest BCUT2D eigenvalue weighted by Gasteiger charge is 2.31. The second kappa shape index (κ2) is 9.85. The fourth-order valence-electron chi connectivity index (χ4n) is 4.18. The predicted octanol–water partition coefficient (Wildman–Crippen LogP) is 4.36. The lowest BCUT2D eigenvalue weighted by Crippen LogP contribution is -2.45. The number of ether oxygens (including phenoxy) is 1. The normalized spacial score (nSPS) is 14.8. The predicted molar refractivity (Wildman–Crippen MR) is 134 cm³/mol. The molecule has 1 aliphatic rings. The van der Waals surface area contributed by atoms with Crippen molar-refractivity contribution in [2.24, 2.45) is 0 Å². The van der Waals surface area contributed by atoms with E-state index in [0.29, 0.717) is 18.0 Å². The van der Waals surface area contributed by atoms with Crippen molar-refractivity contribution in [3.05, 3.63) is 96.7 Å². The van der Waals surface area contributed by atoms with Crippen molar-refractivity contribution >= 4 is 17.5 Å². The number of hydrogen-bond acceptors (Lipinski definition) is 4. The maximum atomic E-state index is 12.8. The van der Waals surface area contributed by atoms with E-state index in [1.165, 1.54) is 0 Å². The van der Waals surface area contributed by atoms with Crippen molar-refractivity contribution in [3.63, 3.8) is 0 Å². The molecule has 0 aliphatic carbocycles. The Hall–Kier alpha value is -4.39. The first-order valence-corrected chi connectivity index (χ1v) is 11.6. The van der Waals surface area contributed by atoms with Gasteiger partial charge in [0.25, 0.3) is 5.91 Å². The Bertz CT molecular complexity index is 1330. The molecule has 0 radical (unpaired) electrons. The number of carbonyl (C=O) groups excluding carboxylic acids is 2. The first-order chi connectivity index (χ1) is 17.1. The van der Waals surface area contributed by atoms with Crippen molar-refractivity contribution in [2.75, 3.05) is 11.4 Å². The van der Waals surface area contributed by atoms with Crippen LogP contribution in [0.15, 0.2) is 91.1 Å². The van der Waals surface area contributed by atoms with Crippen LogP contribution in [0, 0.1) is 0 Å². The van der Waals surface area contributed by atoms with Gasteiger partial charge in [-0.3, -0.25) is 9.59 Å². The van der Waals surface area contributed by atoms with Crippen molar-refractivity contribution < 1.29 is 14.3 Å². The summed E-state index contributed by atoms with van der Waals surface area (Å²) in [6.45, 7) is 2.34. The van der Waals surface area contributed by atoms with Crippen LogP contribution in [0.3, 0.4) is 0 Å². The minimum Gasteiger partial charge on any atom is -0.479 e. The van der Waals surface area contributed by atoms with Crippen LogP contribution in [0.25, 0.3) is 16.9 Å². The fraction of sp³-hybridized carbons (Fsp3) is 0.179. The molecule has 35 heavy (non-hydrogen) atoms. The minimum absolute atomic E-state index is 0.138. The number of rotatable bonds is 7. The third-order valence-electron chi connectivity index (χ3n) is 5.97. The van der Waals surface area contributed by atoms with Crippen LogP contribution in [-0.2, 0) is 16.1 Å². The number of fused-ring (bicyclic) bond motifs is 1. The largest absolute Gasteiger partial charge is 0.479 e. The summed E-state index contributed by atoms with van der Waals surface area (Å²) in [5, 5.41) is 7.79. The zero-order chi connectivity index (χ0) is 24.2. The lowest BCUT2D eigenvalue weighted by molar-refractivity contribution is -0.125. The number of anilines is 1. The summed E-state index contributed by atoms with van der Waals surface area (Å²) in [5.41, 5.74) is 4.35. The first-order valence-electron chi connectivity index (χ1n) is 11.6. The number of benzene rings is 3. The lowest BCUT2D eigenvalue weighted by Gasteiger charge is -2.32. The smallest absolute Gasteiger partial charge is 0.267 e. The van der Waals surface area contributed by atoms with Gasteiger partial charge in [0.05, 0.1) is 17.1 Å². The molecule has 1 aliphatic heterocycles. The van der Waals surface area contributed by atoms with Gasteiger partial charge in [-0.15, -0.1) is 0 Å². The van der Waals surface area contributed by atoms with Crippen LogP contribution in [-0.4, -0.2) is 34.2 Å². The molecule has 0 spiro atoms. The monoisotopic (exact) mass is 466 g/mol. The number of hydrogen-bond donors (Lipinski definition) is 1. The standard InChI is InChI=1S/C28H26N4O3/c1-20-28(34)31(24-14-8-9-15-25(24)35-20)17-16-26(33)29-18-22-19-32(23-12-6-3-7-13-23)30-27(22)21-10-4-2-5-11-21/h2-15,19-20H,16-18H2,1H3,(H,29,33). The molecule has 0 bridgehead atoms. The Labute approximate surface area is 204 Å². The molecule has 4 aromatic rings. The van der Waals surface area contributed by atoms with E-state index in [0.717, 1.165) is 22.5 Å². The Balaban J connectivity index is 1.29. The van der Waals surface area contributed by atoms with Crippen LogP contribution in [0.2, 0.25) is 0 Å². The van der Waals surface area contributed by atoms with Gasteiger partial charge in [-0.2, -0.15) is 5.10 Å². The summed E-state index contributed by atoms with van der Waals surface area (Å²) in [6, 6.07) is 27.2. The molecule has 0 saturated carbocycles. The molecule has 2 amide bonds. The molecule has 2 heterocycles. The molecular weight excluding hydrogens is 440 g/mol. The molecule has 176 valence electrons. The van der Waals surface area contributed by atoms with E-state index in [-0.39, 0.29) is 24.8 Å². The molecule has 0 fully saturated rings. The zero-order valence-electron chi connectivity index (χ0n) is 19.4. The maximum absolute atomic E-state index is 12.8. The van der Waals surface area contributed by atoms with Crippen LogP contribution in [0.4, 0.5) is 5.69 Å². The van der Waals surface area contributed by atoms with E-state index in [4.69, 9.17) is 9.84 Å². The quantitative estimate of drug-likeness (QED) is 0.439. The van der Waals surface area contributed by atoms with E-state index in [9.17, 15) is 9.59 Å². The second-order valence-corrected chi connectivity index (χ2v) is 8.39. The number of nitrogens with zero attached hydrogens (tertiary/aromatic N) is 3. The highest BCUT2D eigenvalue weighted by atomic mass is 16.5. The molecule has 5 rings (SSSR count). The maximum Gasteiger partial charge on any atom is 0.267 e. The summed E-state index contributed by atoms with van der Waals surface area (Å²) >= 11 is 0. The van der Waals surface area contributed by atoms with Gasteiger partial charge >= 0.3 is 0 Å². The molecule has 7 heteroatoms. The van der Waals surface area contributed by atoms with Gasteiger partial charge < -0.3 is 15.0 Å². The average molecular weight is 467 g/mol. The third-order valence-corrected chi connectivity index (χ3v) is 5.97. The van der Waals surface area contributed by atoms with Crippen molar-refractivity contribution in [1.82, 2.24) is 15.1 Å². The van der Waals surface area contributed by atoms with Gasteiger partial charge in [-0.1, -0.05) is 60.7 Å². The summed E-state index contributed by atoms with van der Waals surface area (Å²) in [6.07, 6.45) is 1.55. The Morgan fingerprint density at radius 2 is 1.66 bits per heavy atom. The Morgan fingerprint density at radius 3 is 2.43 bits per heavy atom. The van der Waals surface area contributed by atoms with E-state index in [2.05, 4.69) is 5.32 Å². The fourth-order valence-corrected chi connectivity index (χ4v) is 4.18. The van der Waals surface area contributed by atoms with E-state index < -0.39 is 6.10 Å². The average Bonchev–Trinajstić information content (AvgIpc) is 3.33. The summed E-state index contributed by atoms with van der Waals surface area (Å²) in [7, 11) is 0. The summed E-state index contributed by atoms with van der Waals surface area (Å²) < 4.78 is 7.51. The second-order valence-electron chi connectivity index (χ2n) is 8.39. The van der Waals surface area contributed by atoms with Crippen LogP contribution in [0.1, 0.15) is 18.9 Å². The zero-order valence-corrected chi connectivity index (χ0v) is 19.4. The number of nitrogens with one attached hydrogen (secondary N) is 1. The highest BCUT2D eigenvalue weighted by Crippen LogP contribution is 2.33. The number of aromatic nitrogens is 2. The van der Waals surface area contributed by atoms with Gasteiger partial charge in [0, 0.05) is 36.8 Å². The van der Waals surface area contributed by atoms with E-state index in [1.54, 1.807) is 11.8 Å². The van der Waals surface area contributed by atoms with Crippen molar-refractivity contribution in [1.29, 1.82) is 0 Å². The van der Waals surface area contributed by atoms with Gasteiger partial charge in [-0.05, 0) is 31.2 Å². The van der Waals surface area contributed by atoms with Crippen LogP contribution >= 0.6 is 0 Å². The SMILES string of the molecule is CC1Oc2ccccc2N(CCC(=O)NCc2cn(-c3ccccc3)nc2-c2ccccc2)C1=O. The van der Waals surface area contributed by atoms with Gasteiger partial charge in [0.2, 0.25) is 5.91 Å². The first kappa shape index (κ1) is 22.4. The number of amides is 2. The molecular formula is C28H26N4O3. The summed E-state index contributed by atoms with van der Waals surface area (Å²) in [5.74, 6) is 0.369. The third kappa shape index (κ3) is 4.80. The molecule has 1 atom stereocenters. The van der Waals surface area contributed by atoms with E-state index in [1.807, 2.05) is 95.8 Å².